The van der Waals surface area contributed by atoms with Crippen molar-refractivity contribution in [3.63, 3.8) is 0 Å². The van der Waals surface area contributed by atoms with E-state index in [9.17, 15) is 4.79 Å². The van der Waals surface area contributed by atoms with Crippen molar-refractivity contribution in [1.82, 2.24) is 15.1 Å². The third-order valence-electron chi connectivity index (χ3n) is 5.34. The molecule has 0 aliphatic carbocycles. The number of carbonyl (C=O) groups excluding carboxylic acids is 1. The van der Waals surface area contributed by atoms with Crippen LogP contribution >= 0.6 is 0 Å². The molecule has 0 spiro atoms. The van der Waals surface area contributed by atoms with E-state index in [1.54, 1.807) is 0 Å². The van der Waals surface area contributed by atoms with Crippen molar-refractivity contribution in [2.45, 2.75) is 58.9 Å². The van der Waals surface area contributed by atoms with Crippen molar-refractivity contribution in [2.24, 2.45) is 10.9 Å². The number of rotatable bonds is 6. The summed E-state index contributed by atoms with van der Waals surface area (Å²) in [6.45, 7) is 12.5. The van der Waals surface area contributed by atoms with E-state index in [-0.39, 0.29) is 11.9 Å². The fourth-order valence-electron chi connectivity index (χ4n) is 3.79. The van der Waals surface area contributed by atoms with Gasteiger partial charge >= 0.3 is 5.97 Å². The van der Waals surface area contributed by atoms with Gasteiger partial charge < -0.3 is 15.0 Å². The van der Waals surface area contributed by atoms with Crippen molar-refractivity contribution >= 4 is 11.9 Å². The molecule has 2 aliphatic rings. The average molecular weight is 353 g/mol. The number of hydrogen-bond acceptors (Lipinski definition) is 4. The highest BCUT2D eigenvalue weighted by Gasteiger charge is 2.27. The molecule has 1 atom stereocenters. The van der Waals surface area contributed by atoms with Gasteiger partial charge in [-0.15, -0.1) is 0 Å². The van der Waals surface area contributed by atoms with Gasteiger partial charge in [-0.3, -0.25) is 14.7 Å². The topological polar surface area (TPSA) is 57.2 Å². The van der Waals surface area contributed by atoms with E-state index in [0.29, 0.717) is 12.6 Å². The molecule has 144 valence electrons. The van der Waals surface area contributed by atoms with Gasteiger partial charge in [0.25, 0.3) is 0 Å². The second kappa shape index (κ2) is 10.6. The fraction of sp³-hybridized carbons (Fsp3) is 0.895. The second-order valence-electron chi connectivity index (χ2n) is 7.13. The van der Waals surface area contributed by atoms with Gasteiger partial charge in [-0.1, -0.05) is 6.42 Å². The van der Waals surface area contributed by atoms with Crippen molar-refractivity contribution in [2.75, 3.05) is 45.9 Å². The number of nitrogens with zero attached hydrogens (tertiary/aromatic N) is 3. The summed E-state index contributed by atoms with van der Waals surface area (Å²) in [4.78, 5) is 21.6. The molecule has 0 aromatic heterocycles. The monoisotopic (exact) mass is 352 g/mol. The van der Waals surface area contributed by atoms with Crippen LogP contribution in [0.1, 0.15) is 52.9 Å². The molecule has 0 aromatic carbocycles. The molecule has 0 radical (unpaired) electrons. The first kappa shape index (κ1) is 20.0. The van der Waals surface area contributed by atoms with Crippen LogP contribution in [0.15, 0.2) is 4.99 Å². The minimum absolute atomic E-state index is 0.0387. The second-order valence-corrected chi connectivity index (χ2v) is 7.13. The lowest BCUT2D eigenvalue weighted by Crippen LogP contribution is -2.47. The highest BCUT2D eigenvalue weighted by Crippen LogP contribution is 2.19. The van der Waals surface area contributed by atoms with Gasteiger partial charge in [-0.2, -0.15) is 0 Å². The van der Waals surface area contributed by atoms with Crippen LogP contribution in [0.3, 0.4) is 0 Å². The Morgan fingerprint density at radius 2 is 1.92 bits per heavy atom. The number of ether oxygens (including phenoxy) is 1. The van der Waals surface area contributed by atoms with E-state index in [2.05, 4.69) is 29.0 Å². The molecule has 2 heterocycles. The molecule has 1 unspecified atom stereocenters. The molecule has 2 fully saturated rings. The maximum absolute atomic E-state index is 11.9. The van der Waals surface area contributed by atoms with Gasteiger partial charge in [0.2, 0.25) is 0 Å². The predicted molar refractivity (Wildman–Crippen MR) is 102 cm³/mol. The molecule has 0 saturated carbocycles. The molecule has 6 nitrogen and oxygen atoms in total. The summed E-state index contributed by atoms with van der Waals surface area (Å²) in [5, 5.41) is 3.41. The molecule has 0 bridgehead atoms. The van der Waals surface area contributed by atoms with Crippen molar-refractivity contribution in [3.05, 3.63) is 0 Å². The lowest BCUT2D eigenvalue weighted by molar-refractivity contribution is -0.149. The molecule has 2 aliphatic heterocycles. The Morgan fingerprint density at radius 3 is 2.56 bits per heavy atom. The Labute approximate surface area is 153 Å². The minimum Gasteiger partial charge on any atom is -0.466 e. The van der Waals surface area contributed by atoms with Crippen LogP contribution in [0.4, 0.5) is 0 Å². The average Bonchev–Trinajstić information content (AvgIpc) is 2.63. The fourth-order valence-corrected chi connectivity index (χ4v) is 3.79. The molecule has 25 heavy (non-hydrogen) atoms. The van der Waals surface area contributed by atoms with E-state index in [1.807, 2.05) is 6.92 Å². The standard InChI is InChI=1S/C19H36N4O2/c1-4-20-19(21-11-15-22-12-7-6-8-16(22)3)23-13-9-17(10-14-23)18(24)25-5-2/h16-17H,4-15H2,1-3H3,(H,20,21). The summed E-state index contributed by atoms with van der Waals surface area (Å²) in [5.74, 6) is 1.01. The molecule has 0 amide bonds. The maximum atomic E-state index is 11.9. The third kappa shape index (κ3) is 6.17. The van der Waals surface area contributed by atoms with E-state index in [1.165, 1.54) is 25.8 Å². The first-order chi connectivity index (χ1) is 12.2. The van der Waals surface area contributed by atoms with E-state index >= 15 is 0 Å². The summed E-state index contributed by atoms with van der Waals surface area (Å²) in [7, 11) is 0. The van der Waals surface area contributed by atoms with Crippen LogP contribution in [0, 0.1) is 5.92 Å². The van der Waals surface area contributed by atoms with Gasteiger partial charge in [0, 0.05) is 32.2 Å². The van der Waals surface area contributed by atoms with E-state index < -0.39 is 0 Å². The Balaban J connectivity index is 1.82. The van der Waals surface area contributed by atoms with Crippen LogP contribution in [-0.4, -0.2) is 73.6 Å². The smallest absolute Gasteiger partial charge is 0.309 e. The number of guanidine groups is 1. The summed E-state index contributed by atoms with van der Waals surface area (Å²) in [6.07, 6.45) is 5.69. The number of likely N-dealkylation sites (tertiary alicyclic amines) is 2. The summed E-state index contributed by atoms with van der Waals surface area (Å²) >= 11 is 0. The highest BCUT2D eigenvalue weighted by atomic mass is 16.5. The quantitative estimate of drug-likeness (QED) is 0.451. The Hall–Kier alpha value is -1.30. The lowest BCUT2D eigenvalue weighted by Gasteiger charge is -2.34. The van der Waals surface area contributed by atoms with Gasteiger partial charge in [0.15, 0.2) is 5.96 Å². The van der Waals surface area contributed by atoms with E-state index in [0.717, 1.165) is 51.5 Å². The molecular weight excluding hydrogens is 316 g/mol. The number of piperidine rings is 2. The largest absolute Gasteiger partial charge is 0.466 e. The maximum Gasteiger partial charge on any atom is 0.309 e. The summed E-state index contributed by atoms with van der Waals surface area (Å²) < 4.78 is 5.16. The number of nitrogens with one attached hydrogen (secondary N) is 1. The van der Waals surface area contributed by atoms with Crippen LogP contribution in [0.5, 0.6) is 0 Å². The lowest BCUT2D eigenvalue weighted by atomic mass is 9.97. The normalized spacial score (nSPS) is 23.6. The molecule has 2 rings (SSSR count). The van der Waals surface area contributed by atoms with Gasteiger partial charge in [0.05, 0.1) is 19.1 Å². The zero-order valence-electron chi connectivity index (χ0n) is 16.3. The Morgan fingerprint density at radius 1 is 1.16 bits per heavy atom. The number of carbonyl (C=O) groups is 1. The van der Waals surface area contributed by atoms with Crippen molar-refractivity contribution in [1.29, 1.82) is 0 Å². The van der Waals surface area contributed by atoms with Gasteiger partial charge in [0.1, 0.15) is 0 Å². The van der Waals surface area contributed by atoms with Crippen molar-refractivity contribution < 1.29 is 9.53 Å². The number of hydrogen-bond donors (Lipinski definition) is 1. The molecule has 6 heteroatoms. The van der Waals surface area contributed by atoms with E-state index in [4.69, 9.17) is 9.73 Å². The molecular formula is C19H36N4O2. The molecule has 2 saturated heterocycles. The van der Waals surface area contributed by atoms with Crippen LogP contribution < -0.4 is 5.32 Å². The summed E-state index contributed by atoms with van der Waals surface area (Å²) in [6, 6.07) is 0.687. The van der Waals surface area contributed by atoms with Crippen LogP contribution in [0.2, 0.25) is 0 Å². The number of esters is 1. The van der Waals surface area contributed by atoms with Gasteiger partial charge in [-0.25, -0.2) is 0 Å². The Kier molecular flexibility index (Phi) is 8.52. The minimum atomic E-state index is -0.0387. The molecule has 0 aromatic rings. The first-order valence-electron chi connectivity index (χ1n) is 10.1. The Bertz CT molecular complexity index is 433. The highest BCUT2D eigenvalue weighted by molar-refractivity contribution is 5.80. The molecule has 1 N–H and O–H groups in total. The number of aliphatic imine (C=N–C) groups is 1. The predicted octanol–water partition coefficient (Wildman–Crippen LogP) is 2.10. The summed E-state index contributed by atoms with van der Waals surface area (Å²) in [5.41, 5.74) is 0. The zero-order chi connectivity index (χ0) is 18.1. The van der Waals surface area contributed by atoms with Crippen molar-refractivity contribution in [3.8, 4) is 0 Å². The van der Waals surface area contributed by atoms with Gasteiger partial charge in [-0.05, 0) is 53.0 Å². The van der Waals surface area contributed by atoms with Crippen LogP contribution in [-0.2, 0) is 9.53 Å². The van der Waals surface area contributed by atoms with Crippen LogP contribution in [0.25, 0.3) is 0 Å². The third-order valence-corrected chi connectivity index (χ3v) is 5.34. The SMILES string of the molecule is CCNC(=NCCN1CCCCC1C)N1CCC(C(=O)OCC)CC1. The zero-order valence-corrected chi connectivity index (χ0v) is 16.3. The first-order valence-corrected chi connectivity index (χ1v) is 10.1.